The number of nitrogens with zero attached hydrogens (tertiary/aromatic N) is 2. The van der Waals surface area contributed by atoms with Gasteiger partial charge in [-0.25, -0.2) is 14.4 Å². The lowest BCUT2D eigenvalue weighted by Gasteiger charge is -2.05. The molecule has 0 aliphatic heterocycles. The van der Waals surface area contributed by atoms with Gasteiger partial charge in [0.2, 0.25) is 0 Å². The van der Waals surface area contributed by atoms with Crippen LogP contribution in [0.25, 0.3) is 0 Å². The Morgan fingerprint density at radius 3 is 2.95 bits per heavy atom. The van der Waals surface area contributed by atoms with Crippen LogP contribution in [0.4, 0.5) is 4.39 Å². The molecule has 1 N–H and O–H groups in total. The van der Waals surface area contributed by atoms with Crippen LogP contribution in [0.5, 0.6) is 0 Å². The van der Waals surface area contributed by atoms with Crippen LogP contribution in [0.15, 0.2) is 36.5 Å². The highest BCUT2D eigenvalue weighted by Crippen LogP contribution is 2.05. The number of rotatable bonds is 6. The second-order valence-electron chi connectivity index (χ2n) is 4.51. The van der Waals surface area contributed by atoms with Crippen molar-refractivity contribution < 1.29 is 4.39 Å². The summed E-state index contributed by atoms with van der Waals surface area (Å²) in [6, 6.07) is 8.68. The number of hydrogen-bond donors (Lipinski definition) is 1. The number of aryl methyl sites for hydroxylation is 2. The molecule has 0 saturated carbocycles. The molecule has 0 bridgehead atoms. The van der Waals surface area contributed by atoms with E-state index in [4.69, 9.17) is 0 Å². The fourth-order valence-corrected chi connectivity index (χ4v) is 1.93. The lowest BCUT2D eigenvalue weighted by molar-refractivity contribution is 0.618. The highest BCUT2D eigenvalue weighted by Gasteiger charge is 1.97. The zero-order valence-electron chi connectivity index (χ0n) is 11.1. The van der Waals surface area contributed by atoms with Crippen molar-refractivity contribution in [3.8, 4) is 0 Å². The fraction of sp³-hybridized carbons (Fsp3) is 0.333. The van der Waals surface area contributed by atoms with Gasteiger partial charge in [-0.05, 0) is 50.1 Å². The maximum atomic E-state index is 13.0. The van der Waals surface area contributed by atoms with Crippen LogP contribution in [0.2, 0.25) is 0 Å². The van der Waals surface area contributed by atoms with E-state index in [9.17, 15) is 4.39 Å². The minimum atomic E-state index is -0.165. The van der Waals surface area contributed by atoms with Crippen molar-refractivity contribution in [3.05, 3.63) is 59.4 Å². The summed E-state index contributed by atoms with van der Waals surface area (Å²) < 4.78 is 13.0. The molecule has 100 valence electrons. The van der Waals surface area contributed by atoms with Gasteiger partial charge >= 0.3 is 0 Å². The van der Waals surface area contributed by atoms with Gasteiger partial charge in [0.1, 0.15) is 11.6 Å². The average Bonchev–Trinajstić information content (AvgIpc) is 2.38. The SMILES string of the molecule is Cc1nccc(CNCCCc2cccc(F)c2)n1. The molecular formula is C15H18FN3. The summed E-state index contributed by atoms with van der Waals surface area (Å²) in [5.74, 6) is 0.626. The Kier molecular flexibility index (Phi) is 4.98. The molecule has 4 heteroatoms. The molecule has 0 amide bonds. The van der Waals surface area contributed by atoms with Gasteiger partial charge in [-0.15, -0.1) is 0 Å². The van der Waals surface area contributed by atoms with E-state index in [1.54, 1.807) is 18.3 Å². The minimum Gasteiger partial charge on any atom is -0.311 e. The molecule has 1 heterocycles. The zero-order valence-corrected chi connectivity index (χ0v) is 11.1. The van der Waals surface area contributed by atoms with Gasteiger partial charge in [0.15, 0.2) is 0 Å². The first-order chi connectivity index (χ1) is 9.24. The minimum absolute atomic E-state index is 0.165. The molecule has 1 aromatic carbocycles. The Balaban J connectivity index is 1.67. The third-order valence-electron chi connectivity index (χ3n) is 2.85. The Morgan fingerprint density at radius 1 is 1.26 bits per heavy atom. The van der Waals surface area contributed by atoms with Gasteiger partial charge in [-0.3, -0.25) is 0 Å². The van der Waals surface area contributed by atoms with Crippen LogP contribution in [0.3, 0.4) is 0 Å². The van der Waals surface area contributed by atoms with Gasteiger partial charge in [0, 0.05) is 12.7 Å². The van der Waals surface area contributed by atoms with E-state index in [0.717, 1.165) is 43.0 Å². The van der Waals surface area contributed by atoms with Gasteiger partial charge in [0.05, 0.1) is 5.69 Å². The topological polar surface area (TPSA) is 37.8 Å². The van der Waals surface area contributed by atoms with Crippen LogP contribution < -0.4 is 5.32 Å². The van der Waals surface area contributed by atoms with E-state index in [2.05, 4.69) is 15.3 Å². The van der Waals surface area contributed by atoms with Crippen LogP contribution in [-0.4, -0.2) is 16.5 Å². The highest BCUT2D eigenvalue weighted by atomic mass is 19.1. The monoisotopic (exact) mass is 259 g/mol. The smallest absolute Gasteiger partial charge is 0.125 e. The van der Waals surface area contributed by atoms with Crippen molar-refractivity contribution in [2.75, 3.05) is 6.54 Å². The van der Waals surface area contributed by atoms with Crippen molar-refractivity contribution in [1.29, 1.82) is 0 Å². The maximum absolute atomic E-state index is 13.0. The number of halogens is 1. The van der Waals surface area contributed by atoms with E-state index in [0.29, 0.717) is 0 Å². The molecule has 3 nitrogen and oxygen atoms in total. The van der Waals surface area contributed by atoms with Crippen molar-refractivity contribution >= 4 is 0 Å². The second-order valence-corrected chi connectivity index (χ2v) is 4.51. The predicted octanol–water partition coefficient (Wildman–Crippen LogP) is 2.65. The van der Waals surface area contributed by atoms with Gasteiger partial charge in [-0.1, -0.05) is 12.1 Å². The number of nitrogens with one attached hydrogen (secondary N) is 1. The van der Waals surface area contributed by atoms with Gasteiger partial charge < -0.3 is 5.32 Å². The van der Waals surface area contributed by atoms with E-state index in [1.165, 1.54) is 6.07 Å². The number of aromatic nitrogens is 2. The Hall–Kier alpha value is -1.81. The molecule has 2 aromatic rings. The zero-order chi connectivity index (χ0) is 13.5. The summed E-state index contributed by atoms with van der Waals surface area (Å²) >= 11 is 0. The first-order valence-corrected chi connectivity index (χ1v) is 6.48. The molecule has 0 saturated heterocycles. The van der Waals surface area contributed by atoms with E-state index < -0.39 is 0 Å². The van der Waals surface area contributed by atoms with Crippen LogP contribution in [0.1, 0.15) is 23.5 Å². The van der Waals surface area contributed by atoms with Crippen molar-refractivity contribution in [3.63, 3.8) is 0 Å². The van der Waals surface area contributed by atoms with Crippen LogP contribution in [0, 0.1) is 12.7 Å². The molecule has 1 aromatic heterocycles. The third-order valence-corrected chi connectivity index (χ3v) is 2.85. The van der Waals surface area contributed by atoms with Crippen molar-refractivity contribution in [2.24, 2.45) is 0 Å². The van der Waals surface area contributed by atoms with Crippen molar-refractivity contribution in [2.45, 2.75) is 26.3 Å². The molecule has 0 spiro atoms. The van der Waals surface area contributed by atoms with Crippen LogP contribution >= 0.6 is 0 Å². The summed E-state index contributed by atoms with van der Waals surface area (Å²) in [5, 5.41) is 3.33. The normalized spacial score (nSPS) is 10.6. The van der Waals surface area contributed by atoms with Gasteiger partial charge in [-0.2, -0.15) is 0 Å². The molecule has 0 aliphatic rings. The summed E-state index contributed by atoms with van der Waals surface area (Å²) in [6.45, 7) is 3.51. The molecule has 0 aliphatic carbocycles. The molecular weight excluding hydrogens is 241 g/mol. The Morgan fingerprint density at radius 2 is 2.16 bits per heavy atom. The molecule has 0 unspecified atom stereocenters. The lowest BCUT2D eigenvalue weighted by atomic mass is 10.1. The number of benzene rings is 1. The summed E-state index contributed by atoms with van der Waals surface area (Å²) in [5.41, 5.74) is 2.04. The van der Waals surface area contributed by atoms with E-state index in [1.807, 2.05) is 19.1 Å². The quantitative estimate of drug-likeness (QED) is 0.810. The Bertz CT molecular complexity index is 481. The highest BCUT2D eigenvalue weighted by molar-refractivity contribution is 5.16. The molecule has 0 atom stereocenters. The van der Waals surface area contributed by atoms with Crippen molar-refractivity contribution in [1.82, 2.24) is 15.3 Å². The average molecular weight is 259 g/mol. The first kappa shape index (κ1) is 13.6. The van der Waals surface area contributed by atoms with E-state index in [-0.39, 0.29) is 5.82 Å². The molecule has 0 radical (unpaired) electrons. The summed E-state index contributed by atoms with van der Waals surface area (Å²) in [4.78, 5) is 8.38. The first-order valence-electron chi connectivity index (χ1n) is 6.48. The molecule has 19 heavy (non-hydrogen) atoms. The van der Waals surface area contributed by atoms with Crippen LogP contribution in [-0.2, 0) is 13.0 Å². The standard InChI is InChI=1S/C15H18FN3/c1-12-18-9-7-15(19-12)11-17-8-3-5-13-4-2-6-14(16)10-13/h2,4,6-7,9-10,17H,3,5,8,11H2,1H3. The van der Waals surface area contributed by atoms with Gasteiger partial charge in [0.25, 0.3) is 0 Å². The summed E-state index contributed by atoms with van der Waals surface area (Å²) in [7, 11) is 0. The maximum Gasteiger partial charge on any atom is 0.125 e. The fourth-order valence-electron chi connectivity index (χ4n) is 1.93. The Labute approximate surface area is 112 Å². The lowest BCUT2D eigenvalue weighted by Crippen LogP contribution is -2.16. The summed E-state index contributed by atoms with van der Waals surface area (Å²) in [6.07, 6.45) is 3.63. The number of hydrogen-bond acceptors (Lipinski definition) is 3. The molecule has 2 rings (SSSR count). The predicted molar refractivity (Wildman–Crippen MR) is 73.2 cm³/mol. The second kappa shape index (κ2) is 6.95. The molecule has 0 fully saturated rings. The largest absolute Gasteiger partial charge is 0.311 e. The van der Waals surface area contributed by atoms with E-state index >= 15 is 0 Å². The third kappa shape index (κ3) is 4.75.